The van der Waals surface area contributed by atoms with Crippen molar-refractivity contribution >= 4 is 17.7 Å². The molecule has 20 heavy (non-hydrogen) atoms. The lowest BCUT2D eigenvalue weighted by Crippen LogP contribution is -2.51. The number of amides is 1. The van der Waals surface area contributed by atoms with Gasteiger partial charge in [-0.1, -0.05) is 30.3 Å². The molecule has 2 rings (SSSR count). The Morgan fingerprint density at radius 2 is 2.20 bits per heavy atom. The number of thioether (sulfide) groups is 1. The molecular weight excluding hydrogens is 274 g/mol. The van der Waals surface area contributed by atoms with E-state index in [1.165, 1.54) is 5.56 Å². The summed E-state index contributed by atoms with van der Waals surface area (Å²) in [5.74, 6) is 1.51. The molecule has 1 aliphatic rings. The van der Waals surface area contributed by atoms with Crippen LogP contribution in [0, 0.1) is 0 Å². The van der Waals surface area contributed by atoms with Crippen molar-refractivity contribution in [3.63, 3.8) is 0 Å². The van der Waals surface area contributed by atoms with Gasteiger partial charge in [-0.2, -0.15) is 11.8 Å². The van der Waals surface area contributed by atoms with Gasteiger partial charge in [0.15, 0.2) is 0 Å². The number of carbonyl (C=O) groups is 1. The number of carbonyl (C=O) groups excluding carboxylic acids is 1. The lowest BCUT2D eigenvalue weighted by Gasteiger charge is -2.34. The summed E-state index contributed by atoms with van der Waals surface area (Å²) in [6, 6.07) is 10.1. The summed E-state index contributed by atoms with van der Waals surface area (Å²) in [6.07, 6.45) is 0.978. The van der Waals surface area contributed by atoms with Gasteiger partial charge >= 0.3 is 0 Å². The van der Waals surface area contributed by atoms with Crippen LogP contribution in [-0.4, -0.2) is 59.8 Å². The topological polar surface area (TPSA) is 49.8 Å². The van der Waals surface area contributed by atoms with Gasteiger partial charge in [-0.3, -0.25) is 4.79 Å². The van der Waals surface area contributed by atoms with Gasteiger partial charge in [-0.25, -0.2) is 0 Å². The predicted octanol–water partition coefficient (Wildman–Crippen LogP) is 1.18. The molecule has 0 bridgehead atoms. The quantitative estimate of drug-likeness (QED) is 0.801. The van der Waals surface area contributed by atoms with E-state index in [-0.39, 0.29) is 18.6 Å². The highest BCUT2D eigenvalue weighted by Gasteiger charge is 2.26. The average molecular weight is 295 g/mol. The van der Waals surface area contributed by atoms with Gasteiger partial charge in [0.25, 0.3) is 0 Å². The summed E-state index contributed by atoms with van der Waals surface area (Å²) in [5, 5.41) is 9.25. The fourth-order valence-corrected chi connectivity index (χ4v) is 3.08. The zero-order valence-corrected chi connectivity index (χ0v) is 12.3. The number of hydrogen-bond acceptors (Lipinski definition) is 4. The van der Waals surface area contributed by atoms with Crippen molar-refractivity contribution in [2.75, 3.05) is 37.9 Å². The van der Waals surface area contributed by atoms with Crippen LogP contribution < -0.4 is 0 Å². The Morgan fingerprint density at radius 1 is 1.40 bits per heavy atom. The molecule has 1 atom stereocenters. The third kappa shape index (κ3) is 4.51. The van der Waals surface area contributed by atoms with Crippen molar-refractivity contribution in [2.24, 2.45) is 0 Å². The van der Waals surface area contributed by atoms with Crippen LogP contribution in [0.2, 0.25) is 0 Å². The zero-order valence-electron chi connectivity index (χ0n) is 11.5. The summed E-state index contributed by atoms with van der Waals surface area (Å²) >= 11 is 1.65. The van der Waals surface area contributed by atoms with Crippen molar-refractivity contribution in [3.8, 4) is 0 Å². The van der Waals surface area contributed by atoms with Crippen molar-refractivity contribution in [2.45, 2.75) is 12.5 Å². The molecule has 1 fully saturated rings. The number of benzene rings is 1. The molecule has 1 aromatic rings. The number of aryl methyl sites for hydroxylation is 1. The monoisotopic (exact) mass is 295 g/mol. The molecule has 1 aromatic carbocycles. The molecule has 4 nitrogen and oxygen atoms in total. The molecule has 1 amide bonds. The molecule has 1 unspecified atom stereocenters. The maximum atomic E-state index is 12.1. The first-order chi connectivity index (χ1) is 9.81. The second-order valence-corrected chi connectivity index (χ2v) is 5.89. The number of morpholine rings is 1. The van der Waals surface area contributed by atoms with Crippen molar-refractivity contribution < 1.29 is 14.6 Å². The lowest BCUT2D eigenvalue weighted by atomic mass is 10.2. The van der Waals surface area contributed by atoms with E-state index in [0.717, 1.165) is 12.2 Å². The third-order valence-corrected chi connectivity index (χ3v) is 4.31. The Labute approximate surface area is 124 Å². The molecule has 110 valence electrons. The van der Waals surface area contributed by atoms with Crippen LogP contribution in [0.15, 0.2) is 30.3 Å². The fraction of sp³-hybridized carbons (Fsp3) is 0.533. The van der Waals surface area contributed by atoms with Crippen LogP contribution in [0.1, 0.15) is 5.56 Å². The van der Waals surface area contributed by atoms with Gasteiger partial charge in [-0.15, -0.1) is 0 Å². The van der Waals surface area contributed by atoms with Crippen LogP contribution in [0.25, 0.3) is 0 Å². The standard InChI is InChI=1S/C15H21NO3S/c17-10-14-11-19-8-7-16(14)15(18)12-20-9-6-13-4-2-1-3-5-13/h1-5,14,17H,6-12H2. The average Bonchev–Trinajstić information content (AvgIpc) is 2.52. The highest BCUT2D eigenvalue weighted by Crippen LogP contribution is 2.12. The van der Waals surface area contributed by atoms with Crippen LogP contribution >= 0.6 is 11.8 Å². The van der Waals surface area contributed by atoms with E-state index >= 15 is 0 Å². The predicted molar refractivity (Wildman–Crippen MR) is 80.9 cm³/mol. The molecule has 5 heteroatoms. The van der Waals surface area contributed by atoms with Crippen LogP contribution in [0.4, 0.5) is 0 Å². The number of ether oxygens (including phenoxy) is 1. The van der Waals surface area contributed by atoms with Crippen LogP contribution in [-0.2, 0) is 16.0 Å². The van der Waals surface area contributed by atoms with Crippen molar-refractivity contribution in [3.05, 3.63) is 35.9 Å². The highest BCUT2D eigenvalue weighted by molar-refractivity contribution is 7.99. The Balaban J connectivity index is 1.69. The number of rotatable bonds is 6. The minimum absolute atomic E-state index is 0.0274. The highest BCUT2D eigenvalue weighted by atomic mass is 32.2. The number of aliphatic hydroxyl groups is 1. The first kappa shape index (κ1) is 15.4. The third-order valence-electron chi connectivity index (χ3n) is 3.36. The van der Waals surface area contributed by atoms with Gasteiger partial charge in [-0.05, 0) is 17.7 Å². The van der Waals surface area contributed by atoms with E-state index < -0.39 is 0 Å². The second kappa shape index (κ2) is 8.29. The smallest absolute Gasteiger partial charge is 0.233 e. The van der Waals surface area contributed by atoms with Gasteiger partial charge in [0, 0.05) is 6.54 Å². The summed E-state index contributed by atoms with van der Waals surface area (Å²) in [6.45, 7) is 1.57. The molecule has 0 aromatic heterocycles. The van der Waals surface area contributed by atoms with Crippen LogP contribution in [0.5, 0.6) is 0 Å². The summed E-state index contributed by atoms with van der Waals surface area (Å²) < 4.78 is 5.28. The maximum absolute atomic E-state index is 12.1. The van der Waals surface area contributed by atoms with Crippen molar-refractivity contribution in [1.29, 1.82) is 0 Å². The Morgan fingerprint density at radius 3 is 2.95 bits per heavy atom. The van der Waals surface area contributed by atoms with Gasteiger partial charge < -0.3 is 14.7 Å². The molecule has 0 aliphatic carbocycles. The second-order valence-electron chi connectivity index (χ2n) is 4.79. The van der Waals surface area contributed by atoms with E-state index in [1.54, 1.807) is 16.7 Å². The zero-order chi connectivity index (χ0) is 14.2. The van der Waals surface area contributed by atoms with E-state index in [9.17, 15) is 9.90 Å². The minimum atomic E-state index is -0.175. The number of nitrogens with zero attached hydrogens (tertiary/aromatic N) is 1. The van der Waals surface area contributed by atoms with Crippen LogP contribution in [0.3, 0.4) is 0 Å². The van der Waals surface area contributed by atoms with E-state index in [0.29, 0.717) is 25.5 Å². The molecule has 1 heterocycles. The summed E-state index contributed by atoms with van der Waals surface area (Å²) in [4.78, 5) is 13.9. The summed E-state index contributed by atoms with van der Waals surface area (Å²) in [5.41, 5.74) is 1.30. The molecule has 1 aliphatic heterocycles. The minimum Gasteiger partial charge on any atom is -0.394 e. The SMILES string of the molecule is O=C(CSCCc1ccccc1)N1CCOCC1CO. The Kier molecular flexibility index (Phi) is 6.36. The first-order valence-corrected chi connectivity index (χ1v) is 8.06. The molecule has 1 N–H and O–H groups in total. The van der Waals surface area contributed by atoms with Gasteiger partial charge in [0.2, 0.25) is 5.91 Å². The normalized spacial score (nSPS) is 19.1. The maximum Gasteiger partial charge on any atom is 0.233 e. The molecule has 0 saturated carbocycles. The first-order valence-electron chi connectivity index (χ1n) is 6.91. The molecule has 0 spiro atoms. The number of hydrogen-bond donors (Lipinski definition) is 1. The van der Waals surface area contributed by atoms with Crippen molar-refractivity contribution in [1.82, 2.24) is 4.90 Å². The Hall–Kier alpha value is -1.04. The Bertz CT molecular complexity index is 413. The van der Waals surface area contributed by atoms with E-state index in [1.807, 2.05) is 18.2 Å². The van der Waals surface area contributed by atoms with E-state index in [2.05, 4.69) is 12.1 Å². The van der Waals surface area contributed by atoms with Gasteiger partial charge in [0.1, 0.15) is 0 Å². The molecule has 0 radical (unpaired) electrons. The lowest BCUT2D eigenvalue weighted by molar-refractivity contribution is -0.138. The molecule has 1 saturated heterocycles. The largest absolute Gasteiger partial charge is 0.394 e. The van der Waals surface area contributed by atoms with Gasteiger partial charge in [0.05, 0.1) is 31.6 Å². The summed E-state index contributed by atoms with van der Waals surface area (Å²) in [7, 11) is 0. The van der Waals surface area contributed by atoms with E-state index in [4.69, 9.17) is 4.74 Å². The number of aliphatic hydroxyl groups excluding tert-OH is 1. The fourth-order valence-electron chi connectivity index (χ4n) is 2.21. The molecular formula is C15H21NO3S.